The lowest BCUT2D eigenvalue weighted by Gasteiger charge is -2.19. The van der Waals surface area contributed by atoms with Gasteiger partial charge in [-0.3, -0.25) is 4.79 Å². The van der Waals surface area contributed by atoms with Crippen molar-refractivity contribution < 1.29 is 9.18 Å². The van der Waals surface area contributed by atoms with E-state index in [-0.39, 0.29) is 24.4 Å². The van der Waals surface area contributed by atoms with Crippen LogP contribution in [0, 0.1) is 25.6 Å². The fraction of sp³-hybridized carbons (Fsp3) is 0.444. The van der Waals surface area contributed by atoms with Crippen LogP contribution < -0.4 is 11.1 Å². The van der Waals surface area contributed by atoms with Crippen molar-refractivity contribution in [2.24, 2.45) is 11.7 Å². The van der Waals surface area contributed by atoms with Crippen LogP contribution >= 0.6 is 12.4 Å². The van der Waals surface area contributed by atoms with Crippen molar-refractivity contribution >= 4 is 18.3 Å². The Kier molecular flexibility index (Phi) is 6.19. The highest BCUT2D eigenvalue weighted by Gasteiger charge is 2.27. The topological polar surface area (TPSA) is 72.9 Å². The maximum atomic E-state index is 14.5. The monoisotopic (exact) mass is 366 g/mol. The molecule has 2 atom stereocenters. The van der Waals surface area contributed by atoms with Gasteiger partial charge in [-0.25, -0.2) is 9.07 Å². The molecule has 0 saturated heterocycles. The third-order valence-corrected chi connectivity index (χ3v) is 4.73. The average molecular weight is 367 g/mol. The van der Waals surface area contributed by atoms with Crippen molar-refractivity contribution in [2.45, 2.75) is 39.2 Å². The molecule has 1 aliphatic rings. The molecule has 1 amide bonds. The van der Waals surface area contributed by atoms with Crippen LogP contribution in [0.2, 0.25) is 0 Å². The summed E-state index contributed by atoms with van der Waals surface area (Å²) in [6, 6.07) is 6.47. The Morgan fingerprint density at radius 1 is 1.36 bits per heavy atom. The van der Waals surface area contributed by atoms with E-state index in [4.69, 9.17) is 5.73 Å². The Labute approximate surface area is 153 Å². The van der Waals surface area contributed by atoms with E-state index in [9.17, 15) is 9.18 Å². The molecule has 0 bridgehead atoms. The molecule has 1 fully saturated rings. The van der Waals surface area contributed by atoms with Crippen LogP contribution in [0.5, 0.6) is 0 Å². The summed E-state index contributed by atoms with van der Waals surface area (Å²) >= 11 is 0. The van der Waals surface area contributed by atoms with Gasteiger partial charge < -0.3 is 11.1 Å². The van der Waals surface area contributed by atoms with Crippen molar-refractivity contribution in [3.8, 4) is 5.69 Å². The molecule has 1 saturated carbocycles. The molecule has 1 heterocycles. The third kappa shape index (κ3) is 4.02. The van der Waals surface area contributed by atoms with Crippen LogP contribution in [0.1, 0.15) is 41.0 Å². The minimum absolute atomic E-state index is 0. The van der Waals surface area contributed by atoms with E-state index in [0.717, 1.165) is 30.7 Å². The number of amides is 1. The average Bonchev–Trinajstić information content (AvgIpc) is 3.12. The molecule has 7 heteroatoms. The lowest BCUT2D eigenvalue weighted by molar-refractivity contribution is 0.0928. The van der Waals surface area contributed by atoms with E-state index >= 15 is 0 Å². The number of benzene rings is 1. The summed E-state index contributed by atoms with van der Waals surface area (Å²) in [6.45, 7) is 4.29. The van der Waals surface area contributed by atoms with Crippen LogP contribution in [-0.4, -0.2) is 28.3 Å². The van der Waals surface area contributed by atoms with Gasteiger partial charge in [0.2, 0.25) is 0 Å². The summed E-state index contributed by atoms with van der Waals surface area (Å²) in [7, 11) is 0. The minimum atomic E-state index is -0.462. The molecule has 1 aromatic heterocycles. The van der Waals surface area contributed by atoms with Gasteiger partial charge in [-0.1, -0.05) is 6.42 Å². The first-order valence-electron chi connectivity index (χ1n) is 8.33. The second-order valence-electron chi connectivity index (χ2n) is 6.51. The molecule has 2 aromatic rings. The number of hydrogen-bond donors (Lipinski definition) is 2. The smallest absolute Gasteiger partial charge is 0.251 e. The summed E-state index contributed by atoms with van der Waals surface area (Å²) < 4.78 is 16.0. The lowest BCUT2D eigenvalue weighted by atomic mass is 10.0. The number of nitrogens with zero attached hydrogens (tertiary/aromatic N) is 2. The fourth-order valence-corrected chi connectivity index (χ4v) is 3.45. The van der Waals surface area contributed by atoms with Crippen LogP contribution in [0.3, 0.4) is 0 Å². The zero-order valence-electron chi connectivity index (χ0n) is 14.5. The summed E-state index contributed by atoms with van der Waals surface area (Å²) in [6.07, 6.45) is 3.03. The number of aromatic nitrogens is 2. The van der Waals surface area contributed by atoms with Crippen molar-refractivity contribution in [3.05, 3.63) is 47.0 Å². The molecule has 3 rings (SSSR count). The van der Waals surface area contributed by atoms with E-state index in [1.807, 2.05) is 19.9 Å². The van der Waals surface area contributed by atoms with E-state index < -0.39 is 5.82 Å². The molecule has 5 nitrogen and oxygen atoms in total. The molecule has 0 aliphatic heterocycles. The van der Waals surface area contributed by atoms with Crippen LogP contribution in [-0.2, 0) is 0 Å². The number of carbonyl (C=O) groups excluding carboxylic acids is 1. The van der Waals surface area contributed by atoms with Crippen LogP contribution in [0.4, 0.5) is 4.39 Å². The summed E-state index contributed by atoms with van der Waals surface area (Å²) in [4.78, 5) is 12.4. The SMILES string of the molecule is Cc1cc(C)n(-c2ccc(C(=O)NC3CCCC3CN)cc2F)n1.Cl. The molecule has 1 aliphatic carbocycles. The van der Waals surface area contributed by atoms with Gasteiger partial charge in [0.25, 0.3) is 5.91 Å². The molecule has 25 heavy (non-hydrogen) atoms. The number of rotatable bonds is 4. The Bertz CT molecular complexity index is 762. The van der Waals surface area contributed by atoms with Crippen molar-refractivity contribution in [3.63, 3.8) is 0 Å². The zero-order valence-corrected chi connectivity index (χ0v) is 15.3. The standard InChI is InChI=1S/C18H23FN4O.ClH/c1-11-8-12(2)23(22-11)17-7-6-13(9-15(17)19)18(24)21-16-5-3-4-14(16)10-20;/h6-9,14,16H,3-5,10,20H2,1-2H3,(H,21,24);1H. The lowest BCUT2D eigenvalue weighted by Crippen LogP contribution is -2.39. The van der Waals surface area contributed by atoms with Crippen LogP contribution in [0.25, 0.3) is 5.69 Å². The Hall–Kier alpha value is -1.92. The van der Waals surface area contributed by atoms with E-state index in [2.05, 4.69) is 10.4 Å². The number of nitrogens with one attached hydrogen (secondary N) is 1. The number of aryl methyl sites for hydroxylation is 2. The maximum absolute atomic E-state index is 14.5. The molecule has 0 spiro atoms. The summed E-state index contributed by atoms with van der Waals surface area (Å²) in [5, 5.41) is 7.27. The maximum Gasteiger partial charge on any atom is 0.251 e. The highest BCUT2D eigenvalue weighted by atomic mass is 35.5. The van der Waals surface area contributed by atoms with Gasteiger partial charge in [-0.2, -0.15) is 5.10 Å². The number of nitrogens with two attached hydrogens (primary N) is 1. The number of carbonyl (C=O) groups is 1. The molecule has 3 N–H and O–H groups in total. The Morgan fingerprint density at radius 3 is 2.72 bits per heavy atom. The van der Waals surface area contributed by atoms with Crippen molar-refractivity contribution in [1.29, 1.82) is 0 Å². The highest BCUT2D eigenvalue weighted by Crippen LogP contribution is 2.25. The first-order valence-corrected chi connectivity index (χ1v) is 8.33. The predicted octanol–water partition coefficient (Wildman–Crippen LogP) is 2.91. The second-order valence-corrected chi connectivity index (χ2v) is 6.51. The van der Waals surface area contributed by atoms with Gasteiger partial charge in [0.15, 0.2) is 0 Å². The Morgan fingerprint density at radius 2 is 2.12 bits per heavy atom. The van der Waals surface area contributed by atoms with Crippen molar-refractivity contribution in [1.82, 2.24) is 15.1 Å². The first kappa shape index (κ1) is 19.4. The third-order valence-electron chi connectivity index (χ3n) is 4.73. The zero-order chi connectivity index (χ0) is 17.3. The molecule has 1 aromatic carbocycles. The predicted molar refractivity (Wildman–Crippen MR) is 97.9 cm³/mol. The van der Waals surface area contributed by atoms with E-state index in [1.54, 1.807) is 16.8 Å². The van der Waals surface area contributed by atoms with Crippen LogP contribution in [0.15, 0.2) is 24.3 Å². The first-order chi connectivity index (χ1) is 11.5. The summed E-state index contributed by atoms with van der Waals surface area (Å²) in [5.74, 6) is -0.400. The fourth-order valence-electron chi connectivity index (χ4n) is 3.45. The molecule has 136 valence electrons. The minimum Gasteiger partial charge on any atom is -0.349 e. The molecular weight excluding hydrogens is 343 g/mol. The Balaban J connectivity index is 0.00000225. The largest absolute Gasteiger partial charge is 0.349 e. The van der Waals surface area contributed by atoms with E-state index in [1.165, 1.54) is 6.07 Å². The van der Waals surface area contributed by atoms with Gasteiger partial charge in [-0.15, -0.1) is 12.4 Å². The quantitative estimate of drug-likeness (QED) is 0.873. The molecule has 0 radical (unpaired) electrons. The van der Waals surface area contributed by atoms with Crippen molar-refractivity contribution in [2.75, 3.05) is 6.54 Å². The summed E-state index contributed by atoms with van der Waals surface area (Å²) in [5.41, 5.74) is 8.08. The number of hydrogen-bond acceptors (Lipinski definition) is 3. The molecular formula is C18H24ClFN4O. The van der Waals surface area contributed by atoms with Gasteiger partial charge in [0, 0.05) is 17.3 Å². The highest BCUT2D eigenvalue weighted by molar-refractivity contribution is 5.94. The number of halogens is 2. The molecule has 2 unspecified atom stereocenters. The van der Waals surface area contributed by atoms with Gasteiger partial charge in [0.1, 0.15) is 11.5 Å². The second kappa shape index (κ2) is 7.97. The van der Waals surface area contributed by atoms with Gasteiger partial charge in [0.05, 0.1) is 5.69 Å². The normalized spacial score (nSPS) is 19.5. The van der Waals surface area contributed by atoms with Gasteiger partial charge in [-0.05, 0) is 63.4 Å². The van der Waals surface area contributed by atoms with Gasteiger partial charge >= 0.3 is 0 Å². The van der Waals surface area contributed by atoms with E-state index in [0.29, 0.717) is 23.7 Å².